The van der Waals surface area contributed by atoms with Gasteiger partial charge in [0.15, 0.2) is 17.6 Å². The molecule has 0 fully saturated rings. The molecule has 3 rings (SSSR count). The lowest BCUT2D eigenvalue weighted by Crippen LogP contribution is -2.50. The Hall–Kier alpha value is -3.29. The van der Waals surface area contributed by atoms with Gasteiger partial charge in [0.05, 0.1) is 26.5 Å². The van der Waals surface area contributed by atoms with E-state index in [2.05, 4.69) is 10.5 Å². The van der Waals surface area contributed by atoms with E-state index in [4.69, 9.17) is 14.3 Å². The van der Waals surface area contributed by atoms with Crippen LogP contribution in [0, 0.1) is 5.82 Å². The number of oxime groups is 1. The van der Waals surface area contributed by atoms with Crippen molar-refractivity contribution >= 4 is 11.7 Å². The normalized spacial score (nSPS) is 15.6. The molecule has 0 unspecified atom stereocenters. The van der Waals surface area contributed by atoms with E-state index < -0.39 is 5.54 Å². The minimum atomic E-state index is -0.408. The van der Waals surface area contributed by atoms with Crippen LogP contribution in [0.4, 0.5) is 9.18 Å². The highest BCUT2D eigenvalue weighted by Crippen LogP contribution is 2.29. The average molecular weight is 444 g/mol. The van der Waals surface area contributed by atoms with Crippen LogP contribution in [0.3, 0.4) is 0 Å². The summed E-state index contributed by atoms with van der Waals surface area (Å²) in [5.41, 5.74) is 1.92. The maximum absolute atomic E-state index is 13.7. The number of methoxy groups -OCH3 is 2. The summed E-state index contributed by atoms with van der Waals surface area (Å²) < 4.78 is 24.3. The summed E-state index contributed by atoms with van der Waals surface area (Å²) in [5, 5.41) is 7.20. The standard InChI is InChI=1S/C24H30FN3O4/c1-24(2,3)26-23(29)28(14-16-7-6-8-18(25)11-16)15-19-13-20(27-32-19)17-9-10-21(30-4)22(12-17)31-5/h6-12,19H,13-15H2,1-5H3,(H,26,29)/t19-/m0/s1. The van der Waals surface area contributed by atoms with Crippen molar-refractivity contribution in [1.82, 2.24) is 10.2 Å². The Bertz CT molecular complexity index is 987. The molecular weight excluding hydrogens is 413 g/mol. The third-order valence-corrected chi connectivity index (χ3v) is 4.91. The first-order valence-corrected chi connectivity index (χ1v) is 10.4. The van der Waals surface area contributed by atoms with Crippen molar-refractivity contribution in [2.24, 2.45) is 5.16 Å². The number of nitrogens with one attached hydrogen (secondary N) is 1. The van der Waals surface area contributed by atoms with Gasteiger partial charge in [0.2, 0.25) is 0 Å². The molecule has 0 aliphatic carbocycles. The number of urea groups is 1. The van der Waals surface area contributed by atoms with E-state index in [-0.39, 0.29) is 24.5 Å². The molecule has 8 heteroatoms. The van der Waals surface area contributed by atoms with Gasteiger partial charge in [-0.05, 0) is 56.7 Å². The quantitative estimate of drug-likeness (QED) is 0.691. The van der Waals surface area contributed by atoms with Gasteiger partial charge < -0.3 is 24.5 Å². The lowest BCUT2D eigenvalue weighted by molar-refractivity contribution is 0.0580. The minimum Gasteiger partial charge on any atom is -0.493 e. The van der Waals surface area contributed by atoms with Crippen molar-refractivity contribution in [3.05, 3.63) is 59.4 Å². The van der Waals surface area contributed by atoms with Crippen LogP contribution in [0.25, 0.3) is 0 Å². The minimum absolute atomic E-state index is 0.245. The Labute approximate surface area is 188 Å². The van der Waals surface area contributed by atoms with Crippen molar-refractivity contribution in [3.63, 3.8) is 0 Å². The number of halogens is 1. The summed E-state index contributed by atoms with van der Waals surface area (Å²) in [7, 11) is 3.16. The Morgan fingerprint density at radius 1 is 1.19 bits per heavy atom. The number of hydrogen-bond donors (Lipinski definition) is 1. The zero-order chi connectivity index (χ0) is 23.3. The van der Waals surface area contributed by atoms with Gasteiger partial charge in [-0.25, -0.2) is 9.18 Å². The number of rotatable bonds is 7. The molecule has 1 atom stereocenters. The van der Waals surface area contributed by atoms with Crippen LogP contribution in [-0.4, -0.2) is 49.0 Å². The molecule has 1 N–H and O–H groups in total. The maximum atomic E-state index is 13.7. The predicted octanol–water partition coefficient (Wildman–Crippen LogP) is 4.35. The molecule has 1 aliphatic heterocycles. The number of carbonyl (C=O) groups excluding carboxylic acids is 1. The number of ether oxygens (including phenoxy) is 2. The first kappa shape index (κ1) is 23.4. The molecule has 2 aromatic rings. The van der Waals surface area contributed by atoms with E-state index in [0.717, 1.165) is 11.3 Å². The number of hydrogen-bond acceptors (Lipinski definition) is 5. The van der Waals surface area contributed by atoms with E-state index in [9.17, 15) is 9.18 Å². The Kier molecular flexibility index (Phi) is 7.22. The molecule has 2 amide bonds. The van der Waals surface area contributed by atoms with Crippen LogP contribution >= 0.6 is 0 Å². The van der Waals surface area contributed by atoms with Gasteiger partial charge in [-0.1, -0.05) is 17.3 Å². The highest BCUT2D eigenvalue weighted by Gasteiger charge is 2.28. The van der Waals surface area contributed by atoms with E-state index in [1.54, 1.807) is 31.3 Å². The van der Waals surface area contributed by atoms with Crippen LogP contribution in [0.1, 0.15) is 38.3 Å². The first-order chi connectivity index (χ1) is 15.2. The van der Waals surface area contributed by atoms with Crippen molar-refractivity contribution in [2.45, 2.75) is 45.4 Å². The van der Waals surface area contributed by atoms with E-state index in [0.29, 0.717) is 30.0 Å². The monoisotopic (exact) mass is 443 g/mol. The highest BCUT2D eigenvalue weighted by molar-refractivity contribution is 6.01. The van der Waals surface area contributed by atoms with Crippen LogP contribution in [-0.2, 0) is 11.4 Å². The molecule has 2 aromatic carbocycles. The van der Waals surface area contributed by atoms with Gasteiger partial charge in [0.25, 0.3) is 0 Å². The van der Waals surface area contributed by atoms with E-state index in [1.165, 1.54) is 12.1 Å². The molecule has 172 valence electrons. The zero-order valence-corrected chi connectivity index (χ0v) is 19.1. The summed E-state index contributed by atoms with van der Waals surface area (Å²) in [5.74, 6) is 0.899. The first-order valence-electron chi connectivity index (χ1n) is 10.4. The summed E-state index contributed by atoms with van der Waals surface area (Å²) in [4.78, 5) is 20.2. The van der Waals surface area contributed by atoms with Crippen molar-refractivity contribution in [1.29, 1.82) is 0 Å². The molecule has 0 saturated heterocycles. The van der Waals surface area contributed by atoms with Crippen LogP contribution in [0.15, 0.2) is 47.6 Å². The topological polar surface area (TPSA) is 72.4 Å². The fourth-order valence-electron chi connectivity index (χ4n) is 3.43. The van der Waals surface area contributed by atoms with Gasteiger partial charge >= 0.3 is 6.03 Å². The average Bonchev–Trinajstić information content (AvgIpc) is 3.20. The molecular formula is C24H30FN3O4. The van der Waals surface area contributed by atoms with Crippen molar-refractivity contribution < 1.29 is 23.5 Å². The summed E-state index contributed by atoms with van der Waals surface area (Å²) in [6, 6.07) is 11.5. The van der Waals surface area contributed by atoms with Gasteiger partial charge in [0.1, 0.15) is 5.82 Å². The van der Waals surface area contributed by atoms with Gasteiger partial charge in [0, 0.05) is 24.1 Å². The fraction of sp³-hybridized carbons (Fsp3) is 0.417. The van der Waals surface area contributed by atoms with Crippen LogP contribution in [0.2, 0.25) is 0 Å². The van der Waals surface area contributed by atoms with Crippen molar-refractivity contribution in [2.75, 3.05) is 20.8 Å². The summed E-state index contributed by atoms with van der Waals surface area (Å²) in [6.07, 6.45) is 0.204. The second-order valence-corrected chi connectivity index (χ2v) is 8.73. The lowest BCUT2D eigenvalue weighted by atomic mass is 10.0. The fourth-order valence-corrected chi connectivity index (χ4v) is 3.43. The Balaban J connectivity index is 1.72. The third-order valence-electron chi connectivity index (χ3n) is 4.91. The van der Waals surface area contributed by atoms with Gasteiger partial charge in [-0.15, -0.1) is 0 Å². The Morgan fingerprint density at radius 2 is 1.94 bits per heavy atom. The zero-order valence-electron chi connectivity index (χ0n) is 19.1. The number of carbonyl (C=O) groups is 1. The molecule has 0 radical (unpaired) electrons. The molecule has 0 spiro atoms. The van der Waals surface area contributed by atoms with Gasteiger partial charge in [-0.3, -0.25) is 0 Å². The molecule has 0 aromatic heterocycles. The maximum Gasteiger partial charge on any atom is 0.318 e. The number of benzene rings is 2. The molecule has 1 heterocycles. The Morgan fingerprint density at radius 3 is 2.59 bits per heavy atom. The molecule has 1 aliphatic rings. The second kappa shape index (κ2) is 9.89. The molecule has 0 saturated carbocycles. The summed E-state index contributed by atoms with van der Waals surface area (Å²) >= 11 is 0. The number of nitrogens with zero attached hydrogens (tertiary/aromatic N) is 2. The van der Waals surface area contributed by atoms with Crippen LogP contribution < -0.4 is 14.8 Å². The third kappa shape index (κ3) is 6.12. The van der Waals surface area contributed by atoms with Gasteiger partial charge in [-0.2, -0.15) is 0 Å². The lowest BCUT2D eigenvalue weighted by Gasteiger charge is -2.29. The van der Waals surface area contributed by atoms with Crippen molar-refractivity contribution in [3.8, 4) is 11.5 Å². The van der Waals surface area contributed by atoms with Crippen LogP contribution in [0.5, 0.6) is 11.5 Å². The predicted molar refractivity (Wildman–Crippen MR) is 121 cm³/mol. The smallest absolute Gasteiger partial charge is 0.318 e. The number of amides is 2. The summed E-state index contributed by atoms with van der Waals surface area (Å²) in [6.45, 7) is 6.30. The SMILES string of the molecule is COc1ccc(C2=NO[C@H](CN(Cc3cccc(F)c3)C(=O)NC(C)(C)C)C2)cc1OC. The molecule has 7 nitrogen and oxygen atoms in total. The molecule has 0 bridgehead atoms. The molecule has 32 heavy (non-hydrogen) atoms. The second-order valence-electron chi connectivity index (χ2n) is 8.73. The van der Waals surface area contributed by atoms with E-state index >= 15 is 0 Å². The largest absolute Gasteiger partial charge is 0.493 e. The highest BCUT2D eigenvalue weighted by atomic mass is 19.1. The van der Waals surface area contributed by atoms with E-state index in [1.807, 2.05) is 39.0 Å².